The summed E-state index contributed by atoms with van der Waals surface area (Å²) in [5.74, 6) is 1.67. The van der Waals surface area contributed by atoms with E-state index in [4.69, 9.17) is 9.73 Å². The van der Waals surface area contributed by atoms with Crippen LogP contribution in [0.1, 0.15) is 40.9 Å². The smallest absolute Gasteiger partial charge is 0.251 e. The molecular formula is C22H28N4O2. The number of carbonyl (C=O) groups excluding carboxylic acids is 1. The molecule has 0 aliphatic carbocycles. The standard InChI is InChI=1S/C22H28N4O2/c1-3-24-22(26-19-12-14-28-20-10-5-4-9-18(19)20)25-13-11-16-7-6-8-17(15-16)21(27)23-2/h4-10,15,19H,3,11-14H2,1-2H3,(H,23,27)(H2,24,25,26). The minimum Gasteiger partial charge on any atom is -0.493 e. The average Bonchev–Trinajstić information content (AvgIpc) is 2.74. The third kappa shape index (κ3) is 5.03. The Morgan fingerprint density at radius 3 is 2.89 bits per heavy atom. The van der Waals surface area contributed by atoms with E-state index in [2.05, 4.69) is 28.9 Å². The molecule has 0 radical (unpaired) electrons. The summed E-state index contributed by atoms with van der Waals surface area (Å²) in [6.07, 6.45) is 1.67. The van der Waals surface area contributed by atoms with Gasteiger partial charge in [0.15, 0.2) is 5.96 Å². The number of ether oxygens (including phenoxy) is 1. The lowest BCUT2D eigenvalue weighted by Gasteiger charge is -2.28. The van der Waals surface area contributed by atoms with Gasteiger partial charge in [-0.05, 0) is 37.1 Å². The molecule has 3 rings (SSSR count). The van der Waals surface area contributed by atoms with Gasteiger partial charge >= 0.3 is 0 Å². The highest BCUT2D eigenvalue weighted by Gasteiger charge is 2.21. The van der Waals surface area contributed by atoms with E-state index in [1.165, 1.54) is 0 Å². The number of aliphatic imine (C=N–C) groups is 1. The Labute approximate surface area is 166 Å². The summed E-state index contributed by atoms with van der Waals surface area (Å²) in [7, 11) is 1.64. The molecule has 3 N–H and O–H groups in total. The van der Waals surface area contributed by atoms with Crippen molar-refractivity contribution in [1.82, 2.24) is 16.0 Å². The molecule has 6 nitrogen and oxygen atoms in total. The molecule has 0 aromatic heterocycles. The Bertz CT molecular complexity index is 835. The van der Waals surface area contributed by atoms with Gasteiger partial charge < -0.3 is 20.7 Å². The molecule has 1 unspecified atom stereocenters. The third-order valence-corrected chi connectivity index (χ3v) is 4.70. The largest absolute Gasteiger partial charge is 0.493 e. The van der Waals surface area contributed by atoms with Crippen molar-refractivity contribution in [3.8, 4) is 5.75 Å². The van der Waals surface area contributed by atoms with Gasteiger partial charge in [-0.1, -0.05) is 30.3 Å². The van der Waals surface area contributed by atoms with Crippen LogP contribution in [0.15, 0.2) is 53.5 Å². The number of carbonyl (C=O) groups is 1. The Morgan fingerprint density at radius 2 is 2.07 bits per heavy atom. The molecule has 1 heterocycles. The zero-order chi connectivity index (χ0) is 19.8. The molecule has 0 saturated heterocycles. The summed E-state index contributed by atoms with van der Waals surface area (Å²) in [5.41, 5.74) is 2.93. The van der Waals surface area contributed by atoms with E-state index >= 15 is 0 Å². The van der Waals surface area contributed by atoms with E-state index in [1.807, 2.05) is 42.5 Å². The average molecular weight is 380 g/mol. The Morgan fingerprint density at radius 1 is 1.21 bits per heavy atom. The second kappa shape index (κ2) is 9.78. The lowest BCUT2D eigenvalue weighted by molar-refractivity contribution is 0.0963. The van der Waals surface area contributed by atoms with E-state index in [0.717, 1.165) is 42.2 Å². The molecule has 28 heavy (non-hydrogen) atoms. The minimum absolute atomic E-state index is 0.0708. The van der Waals surface area contributed by atoms with Gasteiger partial charge in [0.2, 0.25) is 0 Å². The van der Waals surface area contributed by atoms with Crippen molar-refractivity contribution in [2.24, 2.45) is 4.99 Å². The van der Waals surface area contributed by atoms with Gasteiger partial charge in [0.25, 0.3) is 5.91 Å². The van der Waals surface area contributed by atoms with Gasteiger partial charge in [-0.2, -0.15) is 0 Å². The van der Waals surface area contributed by atoms with Crippen LogP contribution in [0.5, 0.6) is 5.75 Å². The molecule has 1 amide bonds. The lowest BCUT2D eigenvalue weighted by Crippen LogP contribution is -2.41. The van der Waals surface area contributed by atoms with Crippen molar-refractivity contribution in [3.63, 3.8) is 0 Å². The lowest BCUT2D eigenvalue weighted by atomic mass is 10.0. The fraction of sp³-hybridized carbons (Fsp3) is 0.364. The zero-order valence-corrected chi connectivity index (χ0v) is 16.5. The summed E-state index contributed by atoms with van der Waals surface area (Å²) < 4.78 is 5.74. The van der Waals surface area contributed by atoms with Crippen LogP contribution in [0.3, 0.4) is 0 Å². The summed E-state index contributed by atoms with van der Waals surface area (Å²) in [4.78, 5) is 16.5. The number of benzene rings is 2. The minimum atomic E-state index is -0.0708. The molecule has 0 bridgehead atoms. The third-order valence-electron chi connectivity index (χ3n) is 4.70. The maximum atomic E-state index is 11.8. The van der Waals surface area contributed by atoms with Gasteiger partial charge in [0.1, 0.15) is 5.75 Å². The summed E-state index contributed by atoms with van der Waals surface area (Å²) in [5, 5.41) is 9.51. The fourth-order valence-electron chi connectivity index (χ4n) is 3.29. The maximum absolute atomic E-state index is 11.8. The van der Waals surface area contributed by atoms with Crippen molar-refractivity contribution in [2.45, 2.75) is 25.8 Å². The van der Waals surface area contributed by atoms with Gasteiger partial charge in [0, 0.05) is 37.7 Å². The van der Waals surface area contributed by atoms with Crippen molar-refractivity contribution >= 4 is 11.9 Å². The number of nitrogens with one attached hydrogen (secondary N) is 3. The quantitative estimate of drug-likeness (QED) is 0.532. The number of nitrogens with zero attached hydrogens (tertiary/aromatic N) is 1. The first kappa shape index (κ1) is 19.7. The second-order valence-corrected chi connectivity index (χ2v) is 6.66. The molecule has 6 heteroatoms. The fourth-order valence-corrected chi connectivity index (χ4v) is 3.29. The highest BCUT2D eigenvalue weighted by atomic mass is 16.5. The molecular weight excluding hydrogens is 352 g/mol. The number of hydrogen-bond donors (Lipinski definition) is 3. The van der Waals surface area contributed by atoms with Crippen molar-refractivity contribution < 1.29 is 9.53 Å². The van der Waals surface area contributed by atoms with Crippen LogP contribution in [-0.4, -0.2) is 38.6 Å². The van der Waals surface area contributed by atoms with Crippen LogP contribution in [-0.2, 0) is 6.42 Å². The monoisotopic (exact) mass is 380 g/mol. The van der Waals surface area contributed by atoms with Crippen molar-refractivity contribution in [1.29, 1.82) is 0 Å². The molecule has 148 valence electrons. The summed E-state index contributed by atoms with van der Waals surface area (Å²) in [6.45, 7) is 4.18. The number of para-hydroxylation sites is 1. The predicted octanol–water partition coefficient (Wildman–Crippen LogP) is 2.67. The summed E-state index contributed by atoms with van der Waals surface area (Å²) in [6, 6.07) is 16.0. The van der Waals surface area contributed by atoms with E-state index in [1.54, 1.807) is 7.05 Å². The van der Waals surface area contributed by atoms with Crippen LogP contribution in [0.25, 0.3) is 0 Å². The molecule has 1 aliphatic heterocycles. The Hall–Kier alpha value is -3.02. The van der Waals surface area contributed by atoms with Gasteiger partial charge in [-0.15, -0.1) is 0 Å². The Balaban J connectivity index is 1.65. The first-order valence-electron chi connectivity index (χ1n) is 9.79. The van der Waals surface area contributed by atoms with Gasteiger partial charge in [-0.25, -0.2) is 0 Å². The molecule has 1 aliphatic rings. The van der Waals surface area contributed by atoms with Gasteiger partial charge in [0.05, 0.1) is 12.6 Å². The molecule has 0 saturated carbocycles. The van der Waals surface area contributed by atoms with Gasteiger partial charge in [-0.3, -0.25) is 9.79 Å². The molecule has 0 fully saturated rings. The second-order valence-electron chi connectivity index (χ2n) is 6.66. The number of hydrogen-bond acceptors (Lipinski definition) is 3. The number of guanidine groups is 1. The topological polar surface area (TPSA) is 74.8 Å². The van der Waals surface area contributed by atoms with Crippen LogP contribution in [0.4, 0.5) is 0 Å². The number of fused-ring (bicyclic) bond motifs is 1. The normalized spacial score (nSPS) is 15.9. The van der Waals surface area contributed by atoms with E-state index in [-0.39, 0.29) is 11.9 Å². The molecule has 0 spiro atoms. The van der Waals surface area contributed by atoms with Crippen LogP contribution in [0.2, 0.25) is 0 Å². The Kier molecular flexibility index (Phi) is 6.89. The van der Waals surface area contributed by atoms with Crippen molar-refractivity contribution in [2.75, 3.05) is 26.7 Å². The zero-order valence-electron chi connectivity index (χ0n) is 16.5. The van der Waals surface area contributed by atoms with E-state index < -0.39 is 0 Å². The SMILES string of the molecule is CCNC(=NCCc1cccc(C(=O)NC)c1)NC1CCOc2ccccc21. The maximum Gasteiger partial charge on any atom is 0.251 e. The predicted molar refractivity (Wildman–Crippen MR) is 112 cm³/mol. The molecule has 1 atom stereocenters. The number of rotatable bonds is 6. The van der Waals surface area contributed by atoms with Crippen molar-refractivity contribution in [3.05, 3.63) is 65.2 Å². The molecule has 2 aromatic carbocycles. The summed E-state index contributed by atoms with van der Waals surface area (Å²) >= 11 is 0. The first-order valence-corrected chi connectivity index (χ1v) is 9.79. The highest BCUT2D eigenvalue weighted by Crippen LogP contribution is 2.31. The van der Waals surface area contributed by atoms with E-state index in [9.17, 15) is 4.79 Å². The van der Waals surface area contributed by atoms with E-state index in [0.29, 0.717) is 18.7 Å². The highest BCUT2D eigenvalue weighted by molar-refractivity contribution is 5.94. The van der Waals surface area contributed by atoms with Crippen LogP contribution < -0.4 is 20.7 Å². The molecule has 2 aromatic rings. The first-order chi connectivity index (χ1) is 13.7. The van der Waals surface area contributed by atoms with Crippen LogP contribution >= 0.6 is 0 Å². The van der Waals surface area contributed by atoms with Crippen LogP contribution in [0, 0.1) is 0 Å². The number of amides is 1.